The Morgan fingerprint density at radius 1 is 1.62 bits per heavy atom. The largest absolute Gasteiger partial charge is 0.490 e. The number of nitro benzene ring substituents is 1. The minimum absolute atomic E-state index is 0.0825. The zero-order valence-electron chi connectivity index (χ0n) is 8.66. The minimum atomic E-state index is -0.504. The van der Waals surface area contributed by atoms with Gasteiger partial charge in [0, 0.05) is 17.5 Å². The maximum Gasteiger partial charge on any atom is 0.311 e. The number of hydrogen-bond acceptors (Lipinski definition) is 4. The number of benzene rings is 1. The maximum atomic E-state index is 10.7. The number of ether oxygens (including phenoxy) is 1. The Kier molecular flexibility index (Phi) is 4.11. The number of nitro groups is 1. The van der Waals surface area contributed by atoms with Gasteiger partial charge in [-0.15, -0.1) is 0 Å². The molecule has 0 aliphatic rings. The van der Waals surface area contributed by atoms with Gasteiger partial charge in [0.25, 0.3) is 0 Å². The molecular formula is C9H10N4O3. The van der Waals surface area contributed by atoms with Crippen LogP contribution in [0.3, 0.4) is 0 Å². The first kappa shape index (κ1) is 11.8. The van der Waals surface area contributed by atoms with Crippen molar-refractivity contribution in [3.05, 3.63) is 44.3 Å². The average Bonchev–Trinajstić information content (AvgIpc) is 2.29. The van der Waals surface area contributed by atoms with Crippen molar-refractivity contribution in [2.75, 3.05) is 13.7 Å². The summed E-state index contributed by atoms with van der Waals surface area (Å²) in [5, 5.41) is 14.1. The molecule has 0 spiro atoms. The zero-order valence-corrected chi connectivity index (χ0v) is 8.66. The SMILES string of the molecule is COc1ccc(CCN=[N+]=[N-])cc1[N+](=O)[O-]. The number of nitrogens with zero attached hydrogens (tertiary/aromatic N) is 4. The van der Waals surface area contributed by atoms with E-state index < -0.39 is 4.92 Å². The van der Waals surface area contributed by atoms with Gasteiger partial charge < -0.3 is 4.74 Å². The molecule has 0 bridgehead atoms. The van der Waals surface area contributed by atoms with Crippen molar-refractivity contribution in [3.63, 3.8) is 0 Å². The van der Waals surface area contributed by atoms with Crippen LogP contribution >= 0.6 is 0 Å². The first-order valence-electron chi connectivity index (χ1n) is 4.51. The van der Waals surface area contributed by atoms with Crippen LogP contribution in [0.1, 0.15) is 5.56 Å². The Bertz CT molecular complexity index is 440. The Morgan fingerprint density at radius 2 is 2.38 bits per heavy atom. The second-order valence-corrected chi connectivity index (χ2v) is 2.97. The number of methoxy groups -OCH3 is 1. The van der Waals surface area contributed by atoms with Gasteiger partial charge in [-0.2, -0.15) is 0 Å². The van der Waals surface area contributed by atoms with E-state index in [1.807, 2.05) is 0 Å². The van der Waals surface area contributed by atoms with Gasteiger partial charge in [0.05, 0.1) is 12.0 Å². The van der Waals surface area contributed by atoms with Crippen LogP contribution < -0.4 is 4.74 Å². The fraction of sp³-hybridized carbons (Fsp3) is 0.333. The van der Waals surface area contributed by atoms with Crippen LogP contribution in [-0.2, 0) is 6.42 Å². The van der Waals surface area contributed by atoms with Crippen molar-refractivity contribution < 1.29 is 9.66 Å². The number of rotatable bonds is 5. The molecular weight excluding hydrogens is 212 g/mol. The van der Waals surface area contributed by atoms with Crippen molar-refractivity contribution in [2.45, 2.75) is 6.42 Å². The lowest BCUT2D eigenvalue weighted by Crippen LogP contribution is -1.96. The molecule has 0 saturated heterocycles. The lowest BCUT2D eigenvalue weighted by Gasteiger charge is -2.03. The summed E-state index contributed by atoms with van der Waals surface area (Å²) in [5.74, 6) is 0.220. The van der Waals surface area contributed by atoms with Crippen LogP contribution in [0.2, 0.25) is 0 Å². The lowest BCUT2D eigenvalue weighted by molar-refractivity contribution is -0.385. The summed E-state index contributed by atoms with van der Waals surface area (Å²) >= 11 is 0. The van der Waals surface area contributed by atoms with Crippen LogP contribution in [0.25, 0.3) is 10.4 Å². The summed E-state index contributed by atoms with van der Waals surface area (Å²) in [4.78, 5) is 12.8. The maximum absolute atomic E-state index is 10.7. The second-order valence-electron chi connectivity index (χ2n) is 2.97. The molecule has 1 aromatic carbocycles. The molecule has 0 unspecified atom stereocenters. The molecule has 1 rings (SSSR count). The Labute approximate surface area is 91.4 Å². The molecule has 0 aliphatic heterocycles. The van der Waals surface area contributed by atoms with Crippen molar-refractivity contribution in [1.82, 2.24) is 0 Å². The van der Waals surface area contributed by atoms with E-state index in [4.69, 9.17) is 10.3 Å². The highest BCUT2D eigenvalue weighted by Gasteiger charge is 2.14. The molecule has 0 N–H and O–H groups in total. The summed E-state index contributed by atoms with van der Waals surface area (Å²) < 4.78 is 4.86. The van der Waals surface area contributed by atoms with Crippen molar-refractivity contribution in [3.8, 4) is 5.75 Å². The summed E-state index contributed by atoms with van der Waals surface area (Å²) in [6, 6.07) is 4.66. The van der Waals surface area contributed by atoms with E-state index in [0.29, 0.717) is 6.42 Å². The summed E-state index contributed by atoms with van der Waals surface area (Å²) in [5.41, 5.74) is 8.75. The van der Waals surface area contributed by atoms with Crippen LogP contribution in [0, 0.1) is 10.1 Å². The van der Waals surface area contributed by atoms with Gasteiger partial charge in [0.15, 0.2) is 5.75 Å². The van der Waals surface area contributed by atoms with Gasteiger partial charge in [-0.05, 0) is 23.6 Å². The third-order valence-corrected chi connectivity index (χ3v) is 2.00. The van der Waals surface area contributed by atoms with Gasteiger partial charge in [0.1, 0.15) is 0 Å². The van der Waals surface area contributed by atoms with E-state index in [1.54, 1.807) is 6.07 Å². The summed E-state index contributed by atoms with van der Waals surface area (Å²) in [6.45, 7) is 0.278. The Hall–Kier alpha value is -2.27. The normalized spacial score (nSPS) is 9.31. The predicted octanol–water partition coefficient (Wildman–Crippen LogP) is 2.46. The highest BCUT2D eigenvalue weighted by Crippen LogP contribution is 2.27. The monoisotopic (exact) mass is 222 g/mol. The molecule has 7 nitrogen and oxygen atoms in total. The summed E-state index contributed by atoms with van der Waals surface area (Å²) in [7, 11) is 1.38. The van der Waals surface area contributed by atoms with Crippen molar-refractivity contribution in [2.24, 2.45) is 5.11 Å². The predicted molar refractivity (Wildman–Crippen MR) is 57.4 cm³/mol. The van der Waals surface area contributed by atoms with Crippen molar-refractivity contribution in [1.29, 1.82) is 0 Å². The van der Waals surface area contributed by atoms with E-state index in [1.165, 1.54) is 19.2 Å². The quantitative estimate of drug-likeness (QED) is 0.251. The van der Waals surface area contributed by atoms with Crippen LogP contribution in [-0.4, -0.2) is 18.6 Å². The van der Waals surface area contributed by atoms with E-state index in [2.05, 4.69) is 10.0 Å². The molecule has 16 heavy (non-hydrogen) atoms. The van der Waals surface area contributed by atoms with E-state index in [-0.39, 0.29) is 18.0 Å². The standard InChI is InChI=1S/C9H10N4O3/c1-16-9-3-2-7(4-5-11-12-10)6-8(9)13(14)15/h2-3,6H,4-5H2,1H3. The molecule has 0 aliphatic carbocycles. The second kappa shape index (κ2) is 5.57. The molecule has 0 radical (unpaired) electrons. The fourth-order valence-electron chi connectivity index (χ4n) is 1.26. The lowest BCUT2D eigenvalue weighted by atomic mass is 10.1. The topological polar surface area (TPSA) is 101 Å². The van der Waals surface area contributed by atoms with Crippen LogP contribution in [0.15, 0.2) is 23.3 Å². The molecule has 0 fully saturated rings. The van der Waals surface area contributed by atoms with Gasteiger partial charge in [-0.1, -0.05) is 11.2 Å². The van der Waals surface area contributed by atoms with E-state index in [9.17, 15) is 10.1 Å². The van der Waals surface area contributed by atoms with Gasteiger partial charge >= 0.3 is 5.69 Å². The molecule has 1 aromatic rings. The highest BCUT2D eigenvalue weighted by atomic mass is 16.6. The van der Waals surface area contributed by atoms with Crippen LogP contribution in [0.4, 0.5) is 5.69 Å². The van der Waals surface area contributed by atoms with E-state index >= 15 is 0 Å². The first-order chi connectivity index (χ1) is 7.69. The smallest absolute Gasteiger partial charge is 0.311 e. The molecule has 0 aromatic heterocycles. The van der Waals surface area contributed by atoms with E-state index in [0.717, 1.165) is 5.56 Å². The number of hydrogen-bond donors (Lipinski definition) is 0. The fourth-order valence-corrected chi connectivity index (χ4v) is 1.26. The summed E-state index contributed by atoms with van der Waals surface area (Å²) in [6.07, 6.45) is 0.467. The third kappa shape index (κ3) is 2.86. The molecule has 0 saturated carbocycles. The first-order valence-corrected chi connectivity index (χ1v) is 4.51. The third-order valence-electron chi connectivity index (χ3n) is 2.00. The molecule has 7 heteroatoms. The van der Waals surface area contributed by atoms with Crippen molar-refractivity contribution >= 4 is 5.69 Å². The van der Waals surface area contributed by atoms with Gasteiger partial charge in [-0.3, -0.25) is 10.1 Å². The molecule has 0 atom stereocenters. The Morgan fingerprint density at radius 3 is 2.94 bits per heavy atom. The molecule has 0 heterocycles. The van der Waals surface area contributed by atoms with Gasteiger partial charge in [0.2, 0.25) is 0 Å². The van der Waals surface area contributed by atoms with Crippen LogP contribution in [0.5, 0.6) is 5.75 Å². The highest BCUT2D eigenvalue weighted by molar-refractivity contribution is 5.48. The average molecular weight is 222 g/mol. The molecule has 0 amide bonds. The molecule has 84 valence electrons. The van der Waals surface area contributed by atoms with Gasteiger partial charge in [-0.25, -0.2) is 0 Å². The zero-order chi connectivity index (χ0) is 12.0. The minimum Gasteiger partial charge on any atom is -0.490 e. The number of azide groups is 1. The Balaban J connectivity index is 2.93.